The summed E-state index contributed by atoms with van der Waals surface area (Å²) < 4.78 is 5.15. The molecular formula is C18H15N3O2. The van der Waals surface area contributed by atoms with Gasteiger partial charge in [0.25, 0.3) is 0 Å². The van der Waals surface area contributed by atoms with Gasteiger partial charge < -0.3 is 14.9 Å². The van der Waals surface area contributed by atoms with Gasteiger partial charge in [-0.15, -0.1) is 0 Å². The van der Waals surface area contributed by atoms with Crippen LogP contribution in [-0.4, -0.2) is 23.0 Å². The molecule has 0 saturated heterocycles. The first-order valence-corrected chi connectivity index (χ1v) is 7.20. The van der Waals surface area contributed by atoms with Crippen LogP contribution in [-0.2, 0) is 0 Å². The number of aromatic nitrogens is 1. The summed E-state index contributed by atoms with van der Waals surface area (Å²) >= 11 is 0. The number of para-hydroxylation sites is 1. The fraction of sp³-hybridized carbons (Fsp3) is 0.111. The highest BCUT2D eigenvalue weighted by Gasteiger charge is 2.01. The van der Waals surface area contributed by atoms with E-state index < -0.39 is 0 Å². The monoisotopic (exact) mass is 305 g/mol. The van der Waals surface area contributed by atoms with E-state index in [0.717, 1.165) is 23.1 Å². The third kappa shape index (κ3) is 3.50. The summed E-state index contributed by atoms with van der Waals surface area (Å²) in [6.45, 7) is 0.724. The molecule has 114 valence electrons. The molecule has 0 aliphatic heterocycles. The van der Waals surface area contributed by atoms with Crippen LogP contribution in [0.15, 0.2) is 58.4 Å². The summed E-state index contributed by atoms with van der Waals surface area (Å²) in [5.74, 6) is 6.53. The Hall–Kier alpha value is -3.26. The SMILES string of the molecule is O/N=C\c1occc1C#CCCNc1ccnc2ccccc12. The quantitative estimate of drug-likeness (QED) is 0.254. The Morgan fingerprint density at radius 1 is 1.26 bits per heavy atom. The van der Waals surface area contributed by atoms with E-state index in [1.807, 2.05) is 30.3 Å². The molecule has 0 radical (unpaired) electrons. The molecule has 0 aliphatic rings. The molecule has 5 heteroatoms. The van der Waals surface area contributed by atoms with Crippen molar-refractivity contribution in [3.05, 3.63) is 60.2 Å². The topological polar surface area (TPSA) is 70.7 Å². The van der Waals surface area contributed by atoms with Gasteiger partial charge in [-0.25, -0.2) is 0 Å². The second-order valence-electron chi connectivity index (χ2n) is 4.80. The van der Waals surface area contributed by atoms with Crippen LogP contribution >= 0.6 is 0 Å². The molecule has 23 heavy (non-hydrogen) atoms. The standard InChI is InChI=1S/C18H15N3O2/c22-21-13-18-14(9-12-23-18)5-3-4-10-19-17-8-11-20-16-7-2-1-6-15(16)17/h1-2,6-9,11-13,22H,4,10H2,(H,19,20)/b21-13-. The summed E-state index contributed by atoms with van der Waals surface area (Å²) in [5, 5.41) is 15.9. The van der Waals surface area contributed by atoms with Crippen molar-refractivity contribution in [1.29, 1.82) is 0 Å². The highest BCUT2D eigenvalue weighted by molar-refractivity contribution is 5.90. The number of hydrogen-bond acceptors (Lipinski definition) is 5. The van der Waals surface area contributed by atoms with Crippen LogP contribution in [0.25, 0.3) is 10.9 Å². The zero-order valence-corrected chi connectivity index (χ0v) is 12.4. The van der Waals surface area contributed by atoms with E-state index in [0.29, 0.717) is 17.7 Å². The van der Waals surface area contributed by atoms with Crippen LogP contribution in [0.3, 0.4) is 0 Å². The summed E-state index contributed by atoms with van der Waals surface area (Å²) in [4.78, 5) is 4.34. The van der Waals surface area contributed by atoms with Crippen molar-refractivity contribution in [3.8, 4) is 11.8 Å². The fourth-order valence-corrected chi connectivity index (χ4v) is 2.24. The first kappa shape index (κ1) is 14.7. The molecule has 1 aromatic carbocycles. The number of nitrogens with one attached hydrogen (secondary N) is 1. The van der Waals surface area contributed by atoms with Gasteiger partial charge in [0, 0.05) is 30.2 Å². The molecule has 2 aromatic heterocycles. The smallest absolute Gasteiger partial charge is 0.163 e. The zero-order valence-electron chi connectivity index (χ0n) is 12.4. The highest BCUT2D eigenvalue weighted by atomic mass is 16.4. The van der Waals surface area contributed by atoms with Crippen LogP contribution in [0, 0.1) is 11.8 Å². The Labute approximate surface area is 133 Å². The normalized spacial score (nSPS) is 10.6. The van der Waals surface area contributed by atoms with Crippen LogP contribution in [0.5, 0.6) is 0 Å². The maximum atomic E-state index is 8.53. The minimum Gasteiger partial charge on any atom is -0.462 e. The Kier molecular flexibility index (Phi) is 4.55. The number of hydrogen-bond donors (Lipinski definition) is 2. The number of benzene rings is 1. The maximum Gasteiger partial charge on any atom is 0.163 e. The minimum absolute atomic E-state index is 0.452. The van der Waals surface area contributed by atoms with E-state index >= 15 is 0 Å². The zero-order chi connectivity index (χ0) is 15.9. The highest BCUT2D eigenvalue weighted by Crippen LogP contribution is 2.20. The molecule has 3 aromatic rings. The van der Waals surface area contributed by atoms with E-state index in [1.165, 1.54) is 12.5 Å². The molecule has 0 atom stereocenters. The predicted molar refractivity (Wildman–Crippen MR) is 89.8 cm³/mol. The number of nitrogens with zero attached hydrogens (tertiary/aromatic N) is 2. The molecule has 0 amide bonds. The molecular weight excluding hydrogens is 290 g/mol. The van der Waals surface area contributed by atoms with Crippen molar-refractivity contribution < 1.29 is 9.62 Å². The molecule has 0 bridgehead atoms. The molecule has 0 saturated carbocycles. The van der Waals surface area contributed by atoms with Gasteiger partial charge in [-0.05, 0) is 18.2 Å². The van der Waals surface area contributed by atoms with Crippen LogP contribution in [0.4, 0.5) is 5.69 Å². The number of oxime groups is 1. The number of rotatable bonds is 4. The molecule has 0 spiro atoms. The average molecular weight is 305 g/mol. The van der Waals surface area contributed by atoms with E-state index in [-0.39, 0.29) is 0 Å². The van der Waals surface area contributed by atoms with E-state index in [9.17, 15) is 0 Å². The van der Waals surface area contributed by atoms with E-state index in [1.54, 1.807) is 12.3 Å². The van der Waals surface area contributed by atoms with Crippen molar-refractivity contribution >= 4 is 22.8 Å². The molecule has 0 fully saturated rings. The number of anilines is 1. The Bertz CT molecular complexity index is 882. The molecule has 2 N–H and O–H groups in total. The predicted octanol–water partition coefficient (Wildman–Crippen LogP) is 3.49. The lowest BCUT2D eigenvalue weighted by atomic mass is 10.2. The first-order chi connectivity index (χ1) is 11.4. The van der Waals surface area contributed by atoms with Crippen LogP contribution < -0.4 is 5.32 Å². The summed E-state index contributed by atoms with van der Waals surface area (Å²) in [6.07, 6.45) is 5.22. The van der Waals surface area contributed by atoms with Gasteiger partial charge in [0.15, 0.2) is 5.76 Å². The molecule has 3 rings (SSSR count). The molecule has 2 heterocycles. The van der Waals surface area contributed by atoms with E-state index in [2.05, 4.69) is 27.3 Å². The number of pyridine rings is 1. The van der Waals surface area contributed by atoms with Crippen molar-refractivity contribution in [2.45, 2.75) is 6.42 Å². The van der Waals surface area contributed by atoms with E-state index in [4.69, 9.17) is 9.62 Å². The van der Waals surface area contributed by atoms with Gasteiger partial charge >= 0.3 is 0 Å². The minimum atomic E-state index is 0.452. The third-order valence-electron chi connectivity index (χ3n) is 3.31. The van der Waals surface area contributed by atoms with Crippen molar-refractivity contribution in [2.75, 3.05) is 11.9 Å². The number of fused-ring (bicyclic) bond motifs is 1. The van der Waals surface area contributed by atoms with Gasteiger partial charge in [0.05, 0.1) is 17.3 Å². The van der Waals surface area contributed by atoms with Crippen molar-refractivity contribution in [2.24, 2.45) is 5.16 Å². The second-order valence-corrected chi connectivity index (χ2v) is 4.80. The van der Waals surface area contributed by atoms with Crippen molar-refractivity contribution in [1.82, 2.24) is 4.98 Å². The largest absolute Gasteiger partial charge is 0.462 e. The Balaban J connectivity index is 1.62. The Morgan fingerprint density at radius 2 is 2.17 bits per heavy atom. The molecule has 5 nitrogen and oxygen atoms in total. The molecule has 0 unspecified atom stereocenters. The second kappa shape index (κ2) is 7.14. The first-order valence-electron chi connectivity index (χ1n) is 7.20. The van der Waals surface area contributed by atoms with Crippen molar-refractivity contribution in [3.63, 3.8) is 0 Å². The van der Waals surface area contributed by atoms with Crippen LogP contribution in [0.2, 0.25) is 0 Å². The average Bonchev–Trinajstić information content (AvgIpc) is 3.02. The van der Waals surface area contributed by atoms with Gasteiger partial charge in [-0.3, -0.25) is 4.98 Å². The van der Waals surface area contributed by atoms with Gasteiger partial charge in [-0.1, -0.05) is 35.2 Å². The van der Waals surface area contributed by atoms with Gasteiger partial charge in [-0.2, -0.15) is 0 Å². The lowest BCUT2D eigenvalue weighted by Crippen LogP contribution is -2.01. The number of furan rings is 1. The Morgan fingerprint density at radius 3 is 3.09 bits per heavy atom. The van der Waals surface area contributed by atoms with Gasteiger partial charge in [0.2, 0.25) is 0 Å². The lowest BCUT2D eigenvalue weighted by Gasteiger charge is -2.07. The summed E-state index contributed by atoms with van der Waals surface area (Å²) in [6, 6.07) is 11.7. The van der Waals surface area contributed by atoms with Crippen LogP contribution in [0.1, 0.15) is 17.7 Å². The summed E-state index contributed by atoms with van der Waals surface area (Å²) in [7, 11) is 0. The lowest BCUT2D eigenvalue weighted by molar-refractivity contribution is 0.320. The fourth-order valence-electron chi connectivity index (χ4n) is 2.24. The summed E-state index contributed by atoms with van der Waals surface area (Å²) in [5.41, 5.74) is 2.72. The molecule has 0 aliphatic carbocycles. The van der Waals surface area contributed by atoms with Gasteiger partial charge in [0.1, 0.15) is 6.21 Å². The third-order valence-corrected chi connectivity index (χ3v) is 3.31. The maximum absolute atomic E-state index is 8.53.